The maximum absolute atomic E-state index is 12.4. The molecule has 0 bridgehead atoms. The molecule has 1 heterocycles. The highest BCUT2D eigenvalue weighted by Gasteiger charge is 2.21. The number of carbonyl (C=O) groups is 1. The van der Waals surface area contributed by atoms with Crippen molar-refractivity contribution in [3.05, 3.63) is 56.5 Å². The number of benzene rings is 1. The fourth-order valence-corrected chi connectivity index (χ4v) is 3.04. The number of fused-ring (bicyclic) bond motifs is 1. The summed E-state index contributed by atoms with van der Waals surface area (Å²) < 4.78 is 1.25. The molecule has 3 rings (SSSR count). The molecule has 1 N–H and O–H groups in total. The number of aromatic nitrogens is 2. The number of amides is 1. The van der Waals surface area contributed by atoms with Crippen LogP contribution in [-0.2, 0) is 17.6 Å². The summed E-state index contributed by atoms with van der Waals surface area (Å²) in [6.07, 6.45) is 2.75. The zero-order valence-corrected chi connectivity index (χ0v) is 13.9. The fourth-order valence-electron chi connectivity index (χ4n) is 2.76. The third-order valence-electron chi connectivity index (χ3n) is 4.11. The monoisotopic (exact) mass is 331 g/mol. The van der Waals surface area contributed by atoms with E-state index < -0.39 is 6.04 Å². The van der Waals surface area contributed by atoms with Crippen molar-refractivity contribution < 1.29 is 4.79 Å². The van der Waals surface area contributed by atoms with Gasteiger partial charge in [-0.1, -0.05) is 17.7 Å². The van der Waals surface area contributed by atoms with Crippen LogP contribution in [0.1, 0.15) is 36.2 Å². The van der Waals surface area contributed by atoms with Gasteiger partial charge in [0.05, 0.1) is 16.4 Å². The van der Waals surface area contributed by atoms with Crippen molar-refractivity contribution in [3.8, 4) is 0 Å². The van der Waals surface area contributed by atoms with Crippen LogP contribution in [0, 0.1) is 6.92 Å². The lowest BCUT2D eigenvalue weighted by Gasteiger charge is -2.16. The molecule has 1 aliphatic carbocycles. The van der Waals surface area contributed by atoms with E-state index in [4.69, 9.17) is 11.6 Å². The van der Waals surface area contributed by atoms with Crippen LogP contribution in [0.4, 0.5) is 5.69 Å². The molecule has 0 radical (unpaired) electrons. The van der Waals surface area contributed by atoms with Crippen LogP contribution in [0.3, 0.4) is 0 Å². The highest BCUT2D eigenvalue weighted by molar-refractivity contribution is 6.33. The molecule has 0 unspecified atom stereocenters. The van der Waals surface area contributed by atoms with Crippen LogP contribution in [0.2, 0.25) is 5.02 Å². The Balaban J connectivity index is 1.84. The lowest BCUT2D eigenvalue weighted by atomic mass is 10.2. The molecular weight excluding hydrogens is 314 g/mol. The smallest absolute Gasteiger partial charge is 0.267 e. The first-order chi connectivity index (χ1) is 11.0. The van der Waals surface area contributed by atoms with Gasteiger partial charge >= 0.3 is 0 Å². The Morgan fingerprint density at radius 2 is 2.13 bits per heavy atom. The van der Waals surface area contributed by atoms with Gasteiger partial charge in [0.25, 0.3) is 5.56 Å². The van der Waals surface area contributed by atoms with E-state index in [2.05, 4.69) is 10.4 Å². The SMILES string of the molecule is Cc1ccc(NC(=O)[C@@H](C)n2nc3c(cc2=O)CCC3)c(Cl)c1. The Morgan fingerprint density at radius 1 is 1.35 bits per heavy atom. The Bertz CT molecular complexity index is 829. The van der Waals surface area contributed by atoms with Crippen LogP contribution in [0.15, 0.2) is 29.1 Å². The molecule has 5 nitrogen and oxygen atoms in total. The van der Waals surface area contributed by atoms with E-state index in [0.717, 1.165) is 36.1 Å². The molecule has 0 fully saturated rings. The van der Waals surface area contributed by atoms with Crippen molar-refractivity contribution >= 4 is 23.2 Å². The lowest BCUT2D eigenvalue weighted by molar-refractivity contribution is -0.119. The molecule has 6 heteroatoms. The van der Waals surface area contributed by atoms with Crippen molar-refractivity contribution in [2.75, 3.05) is 5.32 Å². The Morgan fingerprint density at radius 3 is 2.87 bits per heavy atom. The van der Waals surface area contributed by atoms with Gasteiger partial charge in [0, 0.05) is 6.07 Å². The molecule has 0 saturated heterocycles. The Kier molecular flexibility index (Phi) is 4.22. The largest absolute Gasteiger partial charge is 0.323 e. The van der Waals surface area contributed by atoms with Gasteiger partial charge in [-0.25, -0.2) is 4.68 Å². The molecule has 0 spiro atoms. The molecule has 1 aromatic carbocycles. The number of halogens is 1. The van der Waals surface area contributed by atoms with Gasteiger partial charge in [-0.2, -0.15) is 5.10 Å². The van der Waals surface area contributed by atoms with Gasteiger partial charge in [-0.3, -0.25) is 9.59 Å². The van der Waals surface area contributed by atoms with Gasteiger partial charge in [-0.05, 0) is 56.4 Å². The number of aryl methyl sites for hydroxylation is 3. The highest BCUT2D eigenvalue weighted by Crippen LogP contribution is 2.24. The number of anilines is 1. The number of hydrogen-bond donors (Lipinski definition) is 1. The molecule has 0 saturated carbocycles. The number of rotatable bonds is 3. The normalized spacial score (nSPS) is 14.4. The zero-order valence-electron chi connectivity index (χ0n) is 13.1. The first-order valence-electron chi connectivity index (χ1n) is 7.64. The number of nitrogens with one attached hydrogen (secondary N) is 1. The summed E-state index contributed by atoms with van der Waals surface area (Å²) >= 11 is 6.13. The summed E-state index contributed by atoms with van der Waals surface area (Å²) in [6, 6.07) is 6.29. The van der Waals surface area contributed by atoms with Gasteiger partial charge in [0.15, 0.2) is 0 Å². The summed E-state index contributed by atoms with van der Waals surface area (Å²) in [6.45, 7) is 3.58. The summed E-state index contributed by atoms with van der Waals surface area (Å²) in [5, 5.41) is 7.59. The van der Waals surface area contributed by atoms with E-state index in [1.807, 2.05) is 13.0 Å². The first-order valence-corrected chi connectivity index (χ1v) is 8.02. The second-order valence-electron chi connectivity index (χ2n) is 5.90. The number of carbonyl (C=O) groups excluding carboxylic acids is 1. The number of hydrogen-bond acceptors (Lipinski definition) is 3. The first kappa shape index (κ1) is 15.7. The highest BCUT2D eigenvalue weighted by atomic mass is 35.5. The van der Waals surface area contributed by atoms with E-state index in [0.29, 0.717) is 10.7 Å². The van der Waals surface area contributed by atoms with Crippen molar-refractivity contribution in [2.45, 2.75) is 39.2 Å². The predicted molar refractivity (Wildman–Crippen MR) is 90.1 cm³/mol. The van der Waals surface area contributed by atoms with E-state index in [9.17, 15) is 9.59 Å². The van der Waals surface area contributed by atoms with Crippen molar-refractivity contribution in [1.82, 2.24) is 9.78 Å². The third kappa shape index (κ3) is 3.15. The van der Waals surface area contributed by atoms with E-state index in [1.165, 1.54) is 4.68 Å². The number of nitrogens with zero attached hydrogens (tertiary/aromatic N) is 2. The maximum Gasteiger partial charge on any atom is 0.267 e. The summed E-state index contributed by atoms with van der Waals surface area (Å²) in [5.41, 5.74) is 3.21. The topological polar surface area (TPSA) is 64.0 Å². The minimum atomic E-state index is -0.703. The molecule has 1 amide bonds. The quantitative estimate of drug-likeness (QED) is 0.940. The van der Waals surface area contributed by atoms with E-state index in [-0.39, 0.29) is 11.5 Å². The van der Waals surface area contributed by atoms with Crippen LogP contribution < -0.4 is 10.9 Å². The third-order valence-corrected chi connectivity index (χ3v) is 4.42. The van der Waals surface area contributed by atoms with Crippen LogP contribution in [0.25, 0.3) is 0 Å². The average molecular weight is 332 g/mol. The summed E-state index contributed by atoms with van der Waals surface area (Å²) in [4.78, 5) is 24.6. The van der Waals surface area contributed by atoms with E-state index in [1.54, 1.807) is 25.1 Å². The molecule has 1 atom stereocenters. The predicted octanol–water partition coefficient (Wildman–Crippen LogP) is 2.89. The minimum absolute atomic E-state index is 0.247. The lowest BCUT2D eigenvalue weighted by Crippen LogP contribution is -2.34. The van der Waals surface area contributed by atoms with Crippen molar-refractivity contribution in [3.63, 3.8) is 0 Å². The van der Waals surface area contributed by atoms with E-state index >= 15 is 0 Å². The Labute approximate surface area is 139 Å². The molecule has 0 aliphatic heterocycles. The Hall–Kier alpha value is -2.14. The second kappa shape index (κ2) is 6.16. The standard InChI is InChI=1S/C17H18ClN3O2/c1-10-6-7-15(13(18)8-10)19-17(23)11(2)21-16(22)9-12-4-3-5-14(12)20-21/h6-9,11H,3-5H2,1-2H3,(H,19,23)/t11-/m1/s1. The molecule has 1 aromatic heterocycles. The summed E-state index contributed by atoms with van der Waals surface area (Å²) in [5.74, 6) is -0.316. The molecule has 23 heavy (non-hydrogen) atoms. The maximum atomic E-state index is 12.4. The molecule has 2 aromatic rings. The van der Waals surface area contributed by atoms with Crippen LogP contribution in [0.5, 0.6) is 0 Å². The van der Waals surface area contributed by atoms with Gasteiger partial charge in [-0.15, -0.1) is 0 Å². The molecule has 120 valence electrons. The van der Waals surface area contributed by atoms with Gasteiger partial charge in [0.2, 0.25) is 5.91 Å². The van der Waals surface area contributed by atoms with Crippen molar-refractivity contribution in [2.24, 2.45) is 0 Å². The summed E-state index contributed by atoms with van der Waals surface area (Å²) in [7, 11) is 0. The zero-order chi connectivity index (χ0) is 16.6. The van der Waals surface area contributed by atoms with Crippen LogP contribution in [-0.4, -0.2) is 15.7 Å². The molecular formula is C17H18ClN3O2. The van der Waals surface area contributed by atoms with Crippen molar-refractivity contribution in [1.29, 1.82) is 0 Å². The fraction of sp³-hybridized carbons (Fsp3) is 0.353. The van der Waals surface area contributed by atoms with Crippen LogP contribution >= 0.6 is 11.6 Å². The second-order valence-corrected chi connectivity index (χ2v) is 6.31. The molecule has 1 aliphatic rings. The van der Waals surface area contributed by atoms with Gasteiger partial charge < -0.3 is 5.32 Å². The average Bonchev–Trinajstić information content (AvgIpc) is 2.95. The minimum Gasteiger partial charge on any atom is -0.323 e. The van der Waals surface area contributed by atoms with Gasteiger partial charge in [0.1, 0.15) is 6.04 Å².